The quantitative estimate of drug-likeness (QED) is 0.666. The van der Waals surface area contributed by atoms with Crippen molar-refractivity contribution in [3.8, 4) is 0 Å². The number of benzene rings is 1. The Bertz CT molecular complexity index is 979. The molecule has 1 amide bonds. The number of alkyl halides is 2. The lowest BCUT2D eigenvalue weighted by molar-refractivity contribution is -0.112. The minimum Gasteiger partial charge on any atom is -0.458 e. The molecule has 3 rings (SSSR count). The molecule has 0 aliphatic heterocycles. The van der Waals surface area contributed by atoms with Crippen LogP contribution in [0, 0.1) is 6.92 Å². The van der Waals surface area contributed by atoms with Crippen molar-refractivity contribution < 1.29 is 18.0 Å². The SMILES string of the molecule is Cc1ccc(/C=C(\C(N)=O)c2cnn(Cc3ccc(C(C)(F)F)o3)c2)cc1. The Morgan fingerprint density at radius 3 is 2.56 bits per heavy atom. The van der Waals surface area contributed by atoms with E-state index in [2.05, 4.69) is 5.10 Å². The molecule has 0 saturated carbocycles. The second-order valence-electron chi connectivity index (χ2n) is 6.41. The maximum absolute atomic E-state index is 13.3. The van der Waals surface area contributed by atoms with Crippen molar-refractivity contribution in [2.24, 2.45) is 5.73 Å². The Morgan fingerprint density at radius 2 is 1.96 bits per heavy atom. The number of halogens is 2. The molecule has 27 heavy (non-hydrogen) atoms. The summed E-state index contributed by atoms with van der Waals surface area (Å²) in [6.07, 6.45) is 4.81. The van der Waals surface area contributed by atoms with Gasteiger partial charge in [0.2, 0.25) is 5.91 Å². The Morgan fingerprint density at radius 1 is 1.26 bits per heavy atom. The van der Waals surface area contributed by atoms with Gasteiger partial charge in [-0.1, -0.05) is 29.8 Å². The second kappa shape index (κ2) is 7.19. The second-order valence-corrected chi connectivity index (χ2v) is 6.41. The van der Waals surface area contributed by atoms with Crippen LogP contribution in [0.4, 0.5) is 8.78 Å². The van der Waals surface area contributed by atoms with Gasteiger partial charge in [0.15, 0.2) is 5.76 Å². The van der Waals surface area contributed by atoms with Gasteiger partial charge in [0.25, 0.3) is 0 Å². The Labute approximate surface area is 155 Å². The van der Waals surface area contributed by atoms with Gasteiger partial charge in [-0.3, -0.25) is 9.48 Å². The highest BCUT2D eigenvalue weighted by atomic mass is 19.3. The van der Waals surface area contributed by atoms with Crippen LogP contribution in [0.2, 0.25) is 0 Å². The first kappa shape index (κ1) is 18.6. The molecule has 3 aromatic rings. The molecular formula is C20H19F2N3O2. The molecule has 2 N–H and O–H groups in total. The van der Waals surface area contributed by atoms with E-state index in [4.69, 9.17) is 10.2 Å². The van der Waals surface area contributed by atoms with Crippen molar-refractivity contribution in [2.75, 3.05) is 0 Å². The van der Waals surface area contributed by atoms with E-state index < -0.39 is 17.6 Å². The molecule has 0 unspecified atom stereocenters. The predicted molar refractivity (Wildman–Crippen MR) is 97.8 cm³/mol. The summed E-state index contributed by atoms with van der Waals surface area (Å²) in [4.78, 5) is 11.9. The largest absolute Gasteiger partial charge is 0.458 e. The van der Waals surface area contributed by atoms with Crippen LogP contribution in [0.1, 0.15) is 35.1 Å². The lowest BCUT2D eigenvalue weighted by Crippen LogP contribution is -2.12. The number of carbonyl (C=O) groups is 1. The molecule has 0 aliphatic rings. The molecule has 0 spiro atoms. The molecule has 0 fully saturated rings. The van der Waals surface area contributed by atoms with Crippen LogP contribution < -0.4 is 5.73 Å². The van der Waals surface area contributed by atoms with Crippen LogP contribution in [0.15, 0.2) is 53.2 Å². The monoisotopic (exact) mass is 371 g/mol. The van der Waals surface area contributed by atoms with Crippen LogP contribution in [-0.2, 0) is 17.3 Å². The van der Waals surface area contributed by atoms with E-state index >= 15 is 0 Å². The van der Waals surface area contributed by atoms with E-state index in [1.807, 2.05) is 31.2 Å². The zero-order chi connectivity index (χ0) is 19.6. The third-order valence-electron chi connectivity index (χ3n) is 4.01. The minimum absolute atomic E-state index is 0.159. The molecular weight excluding hydrogens is 352 g/mol. The fourth-order valence-electron chi connectivity index (χ4n) is 2.57. The highest BCUT2D eigenvalue weighted by Gasteiger charge is 2.28. The lowest BCUT2D eigenvalue weighted by Gasteiger charge is -2.05. The third-order valence-corrected chi connectivity index (χ3v) is 4.01. The standard InChI is InChI=1S/C20H19F2N3O2/c1-13-3-5-14(6-4-13)9-17(19(23)26)15-10-24-25(11-15)12-16-7-8-18(27-16)20(2,21)22/h3-11H,12H2,1-2H3,(H2,23,26)/b17-9-. The fourth-order valence-corrected chi connectivity index (χ4v) is 2.57. The highest BCUT2D eigenvalue weighted by molar-refractivity contribution is 6.23. The third kappa shape index (κ3) is 4.49. The molecule has 5 nitrogen and oxygen atoms in total. The molecule has 2 heterocycles. The van der Waals surface area contributed by atoms with E-state index in [1.165, 1.54) is 23.0 Å². The van der Waals surface area contributed by atoms with Gasteiger partial charge in [0.1, 0.15) is 5.76 Å². The van der Waals surface area contributed by atoms with Crippen molar-refractivity contribution in [3.05, 3.63) is 77.0 Å². The number of furan rings is 1. The number of aryl methyl sites for hydroxylation is 1. The number of hydrogen-bond donors (Lipinski definition) is 1. The minimum atomic E-state index is -3.04. The van der Waals surface area contributed by atoms with Crippen LogP contribution in [0.3, 0.4) is 0 Å². The number of amides is 1. The zero-order valence-electron chi connectivity index (χ0n) is 14.9. The Hall–Kier alpha value is -3.22. The van der Waals surface area contributed by atoms with Crippen molar-refractivity contribution in [2.45, 2.75) is 26.3 Å². The van der Waals surface area contributed by atoms with Gasteiger partial charge >= 0.3 is 5.92 Å². The molecule has 140 valence electrons. The molecule has 1 aromatic carbocycles. The van der Waals surface area contributed by atoms with Gasteiger partial charge in [-0.05, 0) is 30.7 Å². The fraction of sp³-hybridized carbons (Fsp3) is 0.200. The Balaban J connectivity index is 1.83. The topological polar surface area (TPSA) is 74.1 Å². The van der Waals surface area contributed by atoms with Crippen molar-refractivity contribution in [1.82, 2.24) is 9.78 Å². The van der Waals surface area contributed by atoms with Gasteiger partial charge < -0.3 is 10.2 Å². The number of carbonyl (C=O) groups excluding carboxylic acids is 1. The molecule has 2 aromatic heterocycles. The number of aromatic nitrogens is 2. The van der Waals surface area contributed by atoms with E-state index in [0.717, 1.165) is 18.1 Å². The molecule has 7 heteroatoms. The van der Waals surface area contributed by atoms with Gasteiger partial charge in [-0.15, -0.1) is 0 Å². The summed E-state index contributed by atoms with van der Waals surface area (Å²) in [7, 11) is 0. The van der Waals surface area contributed by atoms with Crippen LogP contribution >= 0.6 is 0 Å². The molecule has 0 saturated heterocycles. The number of rotatable bonds is 6. The summed E-state index contributed by atoms with van der Waals surface area (Å²) < 4.78 is 33.2. The Kier molecular flexibility index (Phi) is 4.94. The maximum atomic E-state index is 13.3. The van der Waals surface area contributed by atoms with E-state index in [9.17, 15) is 13.6 Å². The van der Waals surface area contributed by atoms with Crippen LogP contribution in [-0.4, -0.2) is 15.7 Å². The summed E-state index contributed by atoms with van der Waals surface area (Å²) in [5, 5.41) is 4.16. The smallest absolute Gasteiger partial charge is 0.301 e. The molecule has 0 bridgehead atoms. The summed E-state index contributed by atoms with van der Waals surface area (Å²) in [5.41, 5.74) is 8.31. The van der Waals surface area contributed by atoms with Gasteiger partial charge in [-0.2, -0.15) is 13.9 Å². The molecule has 0 atom stereocenters. The van der Waals surface area contributed by atoms with Gasteiger partial charge in [0.05, 0.1) is 18.3 Å². The number of hydrogen-bond acceptors (Lipinski definition) is 3. The van der Waals surface area contributed by atoms with Gasteiger partial charge in [0, 0.05) is 18.7 Å². The molecule has 0 aliphatic carbocycles. The highest BCUT2D eigenvalue weighted by Crippen LogP contribution is 2.28. The van der Waals surface area contributed by atoms with Crippen LogP contribution in [0.25, 0.3) is 11.6 Å². The number of primary amides is 1. The average Bonchev–Trinajstić information content (AvgIpc) is 3.24. The number of nitrogens with two attached hydrogens (primary N) is 1. The van der Waals surface area contributed by atoms with Gasteiger partial charge in [-0.25, -0.2) is 0 Å². The predicted octanol–water partition coefficient (Wildman–Crippen LogP) is 3.97. The van der Waals surface area contributed by atoms with E-state index in [1.54, 1.807) is 12.3 Å². The maximum Gasteiger partial charge on any atom is 0.301 e. The van der Waals surface area contributed by atoms with Crippen molar-refractivity contribution in [3.63, 3.8) is 0 Å². The number of nitrogens with zero attached hydrogens (tertiary/aromatic N) is 2. The first-order valence-electron chi connectivity index (χ1n) is 8.30. The van der Waals surface area contributed by atoms with E-state index in [-0.39, 0.29) is 6.54 Å². The summed E-state index contributed by atoms with van der Waals surface area (Å²) in [6, 6.07) is 10.4. The first-order valence-corrected chi connectivity index (χ1v) is 8.30. The average molecular weight is 371 g/mol. The summed E-state index contributed by atoms with van der Waals surface area (Å²) in [5.74, 6) is -3.68. The van der Waals surface area contributed by atoms with Crippen molar-refractivity contribution >= 4 is 17.6 Å². The first-order chi connectivity index (χ1) is 12.7. The lowest BCUT2D eigenvalue weighted by atomic mass is 10.0. The van der Waals surface area contributed by atoms with E-state index in [0.29, 0.717) is 16.9 Å². The van der Waals surface area contributed by atoms with Crippen LogP contribution in [0.5, 0.6) is 0 Å². The zero-order valence-corrected chi connectivity index (χ0v) is 14.9. The summed E-state index contributed by atoms with van der Waals surface area (Å²) >= 11 is 0. The molecule has 0 radical (unpaired) electrons. The normalized spacial score (nSPS) is 12.4. The van der Waals surface area contributed by atoms with Crippen molar-refractivity contribution in [1.29, 1.82) is 0 Å². The summed E-state index contributed by atoms with van der Waals surface area (Å²) in [6.45, 7) is 2.91.